The zero-order valence-corrected chi connectivity index (χ0v) is 15.1. The maximum absolute atomic E-state index is 12.4. The maximum atomic E-state index is 12.4. The van der Waals surface area contributed by atoms with Crippen LogP contribution < -0.4 is 0 Å². The number of pyridine rings is 1. The predicted octanol–water partition coefficient (Wildman–Crippen LogP) is 2.99. The molecule has 130 valence electrons. The number of hydrogen-bond donors (Lipinski definition) is 0. The highest BCUT2D eigenvalue weighted by molar-refractivity contribution is 7.90. The van der Waals surface area contributed by atoms with E-state index in [1.54, 1.807) is 42.6 Å². The van der Waals surface area contributed by atoms with Crippen molar-refractivity contribution in [2.45, 2.75) is 30.3 Å². The average Bonchev–Trinajstić information content (AvgIpc) is 2.76. The smallest absolute Gasteiger partial charge is 0.335 e. The number of cyclic esters (lactones) is 1. The normalized spacial score (nSPS) is 21.3. The summed E-state index contributed by atoms with van der Waals surface area (Å²) in [7, 11) is -3.27. The molecule has 1 fully saturated rings. The van der Waals surface area contributed by atoms with Crippen LogP contribution in [0.15, 0.2) is 59.1 Å². The first-order valence-corrected chi connectivity index (χ1v) is 9.73. The monoisotopic (exact) mass is 357 g/mol. The SMILES string of the molecule is CC1(C)OC(=O)/C(=C\c2ccccn2)C1c1ccc(S(C)(=O)=O)cc1. The van der Waals surface area contributed by atoms with Crippen LogP contribution in [0, 0.1) is 0 Å². The van der Waals surface area contributed by atoms with E-state index >= 15 is 0 Å². The third-order valence-corrected chi connectivity index (χ3v) is 5.36. The lowest BCUT2D eigenvalue weighted by molar-refractivity contribution is -0.144. The van der Waals surface area contributed by atoms with Crippen molar-refractivity contribution in [1.29, 1.82) is 0 Å². The zero-order chi connectivity index (χ0) is 18.2. The van der Waals surface area contributed by atoms with Crippen LogP contribution in [-0.4, -0.2) is 31.2 Å². The minimum atomic E-state index is -3.27. The molecule has 6 heteroatoms. The van der Waals surface area contributed by atoms with Gasteiger partial charge in [-0.15, -0.1) is 0 Å². The average molecular weight is 357 g/mol. The van der Waals surface area contributed by atoms with Gasteiger partial charge in [-0.3, -0.25) is 4.98 Å². The Kier molecular flexibility index (Phi) is 4.24. The molecule has 3 rings (SSSR count). The Morgan fingerprint density at radius 2 is 1.80 bits per heavy atom. The van der Waals surface area contributed by atoms with E-state index in [1.165, 1.54) is 6.26 Å². The standard InChI is InChI=1S/C19H19NO4S/c1-19(2)17(13-7-9-15(10-8-13)25(3,22)23)16(18(21)24-19)12-14-6-4-5-11-20-14/h4-12,17H,1-3H3/b16-12-. The fraction of sp³-hybridized carbons (Fsp3) is 0.263. The van der Waals surface area contributed by atoms with E-state index in [2.05, 4.69) is 4.98 Å². The Morgan fingerprint density at radius 3 is 2.36 bits per heavy atom. The minimum absolute atomic E-state index is 0.245. The Hall–Kier alpha value is -2.47. The van der Waals surface area contributed by atoms with Gasteiger partial charge in [0, 0.05) is 12.5 Å². The molecule has 2 heterocycles. The fourth-order valence-electron chi connectivity index (χ4n) is 3.10. The number of hydrogen-bond acceptors (Lipinski definition) is 5. The van der Waals surface area contributed by atoms with Gasteiger partial charge in [-0.05, 0) is 49.8 Å². The zero-order valence-electron chi connectivity index (χ0n) is 14.3. The largest absolute Gasteiger partial charge is 0.455 e. The third-order valence-electron chi connectivity index (χ3n) is 4.23. The van der Waals surface area contributed by atoms with Crippen LogP contribution in [-0.2, 0) is 19.4 Å². The fourth-order valence-corrected chi connectivity index (χ4v) is 3.73. The van der Waals surface area contributed by atoms with E-state index in [9.17, 15) is 13.2 Å². The summed E-state index contributed by atoms with van der Waals surface area (Å²) in [5, 5.41) is 0. The lowest BCUT2D eigenvalue weighted by Gasteiger charge is -2.25. The molecule has 1 aromatic heterocycles. The summed E-state index contributed by atoms with van der Waals surface area (Å²) in [6, 6.07) is 12.0. The topological polar surface area (TPSA) is 73.3 Å². The minimum Gasteiger partial charge on any atom is -0.455 e. The Labute approximate surface area is 147 Å². The van der Waals surface area contributed by atoms with Gasteiger partial charge < -0.3 is 4.74 Å². The molecule has 1 aromatic carbocycles. The number of rotatable bonds is 3. The van der Waals surface area contributed by atoms with Crippen molar-refractivity contribution in [3.05, 3.63) is 65.5 Å². The van der Waals surface area contributed by atoms with Crippen LogP contribution in [0.5, 0.6) is 0 Å². The number of aromatic nitrogens is 1. The molecule has 0 aliphatic carbocycles. The first-order chi connectivity index (χ1) is 11.7. The van der Waals surface area contributed by atoms with Crippen molar-refractivity contribution < 1.29 is 17.9 Å². The van der Waals surface area contributed by atoms with Gasteiger partial charge >= 0.3 is 5.97 Å². The van der Waals surface area contributed by atoms with Crippen LogP contribution in [0.1, 0.15) is 31.0 Å². The van der Waals surface area contributed by atoms with Gasteiger partial charge in [-0.25, -0.2) is 13.2 Å². The molecule has 1 atom stereocenters. The number of esters is 1. The summed E-state index contributed by atoms with van der Waals surface area (Å²) in [6.45, 7) is 3.69. The van der Waals surface area contributed by atoms with Crippen LogP contribution in [0.2, 0.25) is 0 Å². The Bertz CT molecular complexity index is 929. The lowest BCUT2D eigenvalue weighted by Crippen LogP contribution is -2.26. The van der Waals surface area contributed by atoms with Crippen LogP contribution >= 0.6 is 0 Å². The van der Waals surface area contributed by atoms with Gasteiger partial charge in [-0.1, -0.05) is 18.2 Å². The summed E-state index contributed by atoms with van der Waals surface area (Å²) in [6.07, 6.45) is 4.56. The molecule has 1 unspecified atom stereocenters. The summed E-state index contributed by atoms with van der Waals surface area (Å²) in [5.74, 6) is -0.691. The van der Waals surface area contributed by atoms with Crippen LogP contribution in [0.25, 0.3) is 6.08 Å². The van der Waals surface area contributed by atoms with Gasteiger partial charge in [0.05, 0.1) is 22.1 Å². The Balaban J connectivity index is 2.07. The van der Waals surface area contributed by atoms with Gasteiger partial charge in [0.15, 0.2) is 9.84 Å². The molecule has 0 radical (unpaired) electrons. The van der Waals surface area contributed by atoms with Crippen molar-refractivity contribution in [1.82, 2.24) is 4.98 Å². The number of nitrogens with zero attached hydrogens (tertiary/aromatic N) is 1. The highest BCUT2D eigenvalue weighted by Crippen LogP contribution is 2.44. The molecule has 1 aliphatic rings. The first kappa shape index (κ1) is 17.4. The summed E-state index contributed by atoms with van der Waals surface area (Å²) < 4.78 is 28.8. The molecule has 5 nitrogen and oxygen atoms in total. The van der Waals surface area contributed by atoms with Crippen molar-refractivity contribution in [2.75, 3.05) is 6.26 Å². The van der Waals surface area contributed by atoms with Crippen molar-refractivity contribution in [3.8, 4) is 0 Å². The summed E-state index contributed by atoms with van der Waals surface area (Å²) in [4.78, 5) is 16.9. The van der Waals surface area contributed by atoms with Crippen molar-refractivity contribution in [2.24, 2.45) is 0 Å². The molecule has 0 saturated carbocycles. The van der Waals surface area contributed by atoms with E-state index in [1.807, 2.05) is 26.0 Å². The van der Waals surface area contributed by atoms with Gasteiger partial charge in [0.1, 0.15) is 5.60 Å². The van der Waals surface area contributed by atoms with Gasteiger partial charge in [0.2, 0.25) is 0 Å². The molecule has 2 aromatic rings. The van der Waals surface area contributed by atoms with Gasteiger partial charge in [0.25, 0.3) is 0 Å². The second kappa shape index (κ2) is 6.11. The van der Waals surface area contributed by atoms with Crippen molar-refractivity contribution >= 4 is 21.9 Å². The Morgan fingerprint density at radius 1 is 1.12 bits per heavy atom. The van der Waals surface area contributed by atoms with E-state index in [4.69, 9.17) is 4.74 Å². The van der Waals surface area contributed by atoms with Gasteiger partial charge in [-0.2, -0.15) is 0 Å². The second-order valence-corrected chi connectivity index (χ2v) is 8.64. The number of carbonyl (C=O) groups excluding carboxylic acids is 1. The molecule has 0 amide bonds. The number of sulfone groups is 1. The van der Waals surface area contributed by atoms with E-state index in [-0.39, 0.29) is 16.8 Å². The van der Waals surface area contributed by atoms with Crippen LogP contribution in [0.3, 0.4) is 0 Å². The quantitative estimate of drug-likeness (QED) is 0.624. The molecule has 0 spiro atoms. The molecular weight excluding hydrogens is 338 g/mol. The number of benzene rings is 1. The van der Waals surface area contributed by atoms with Crippen LogP contribution in [0.4, 0.5) is 0 Å². The number of ether oxygens (including phenoxy) is 1. The molecule has 1 aliphatic heterocycles. The van der Waals surface area contributed by atoms with E-state index in [0.29, 0.717) is 11.3 Å². The lowest BCUT2D eigenvalue weighted by atomic mass is 9.81. The van der Waals surface area contributed by atoms with Crippen molar-refractivity contribution in [3.63, 3.8) is 0 Å². The summed E-state index contributed by atoms with van der Waals surface area (Å²) in [5.41, 5.74) is 1.27. The predicted molar refractivity (Wildman–Crippen MR) is 94.7 cm³/mol. The highest BCUT2D eigenvalue weighted by Gasteiger charge is 2.46. The first-order valence-electron chi connectivity index (χ1n) is 7.84. The summed E-state index contributed by atoms with van der Waals surface area (Å²) >= 11 is 0. The number of carbonyl (C=O) groups is 1. The van der Waals surface area contributed by atoms with E-state index in [0.717, 1.165) is 5.56 Å². The highest BCUT2D eigenvalue weighted by atomic mass is 32.2. The molecular formula is C19H19NO4S. The molecule has 1 saturated heterocycles. The molecule has 0 bridgehead atoms. The second-order valence-electron chi connectivity index (χ2n) is 6.62. The maximum Gasteiger partial charge on any atom is 0.335 e. The third kappa shape index (κ3) is 3.49. The molecule has 25 heavy (non-hydrogen) atoms. The van der Waals surface area contributed by atoms with E-state index < -0.39 is 15.4 Å². The molecule has 0 N–H and O–H groups in total.